The Kier molecular flexibility index (Phi) is 4.25. The van der Waals surface area contributed by atoms with Crippen LogP contribution in [0.5, 0.6) is 0 Å². The first-order chi connectivity index (χ1) is 9.20. The third-order valence-corrected chi connectivity index (χ3v) is 2.52. The molecule has 1 heterocycles. The maximum atomic E-state index is 11.4. The van der Waals surface area contributed by atoms with Gasteiger partial charge in [0.1, 0.15) is 0 Å². The number of ether oxygens (including phenoxy) is 1. The monoisotopic (exact) mass is 261 g/mol. The summed E-state index contributed by atoms with van der Waals surface area (Å²) < 4.78 is 9.75. The molecule has 0 aliphatic carbocycles. The first-order valence-electron chi connectivity index (χ1n) is 6.01. The molecule has 1 aromatic carbocycles. The van der Waals surface area contributed by atoms with E-state index in [-0.39, 0.29) is 18.3 Å². The van der Waals surface area contributed by atoms with Crippen LogP contribution in [0.2, 0.25) is 0 Å². The lowest BCUT2D eigenvalue weighted by Crippen LogP contribution is -2.14. The fraction of sp³-hybridized carbons (Fsp3) is 0.308. The Morgan fingerprint density at radius 1 is 1.42 bits per heavy atom. The number of carbonyl (C=O) groups excluding carboxylic acids is 1. The van der Waals surface area contributed by atoms with Gasteiger partial charge in [0.2, 0.25) is 5.89 Å². The van der Waals surface area contributed by atoms with Gasteiger partial charge in [0.25, 0.3) is 5.82 Å². The van der Waals surface area contributed by atoms with E-state index in [9.17, 15) is 4.79 Å². The highest BCUT2D eigenvalue weighted by Gasteiger charge is 2.19. The van der Waals surface area contributed by atoms with Crippen LogP contribution in [0.3, 0.4) is 0 Å². The highest BCUT2D eigenvalue weighted by atomic mass is 16.5. The molecule has 19 heavy (non-hydrogen) atoms. The highest BCUT2D eigenvalue weighted by molar-refractivity contribution is 5.84. The summed E-state index contributed by atoms with van der Waals surface area (Å²) in [4.78, 5) is 15.3. The number of benzene rings is 1. The van der Waals surface area contributed by atoms with Crippen molar-refractivity contribution in [3.63, 3.8) is 0 Å². The third kappa shape index (κ3) is 3.38. The van der Waals surface area contributed by atoms with Gasteiger partial charge in [-0.3, -0.25) is 0 Å². The molecule has 1 unspecified atom stereocenters. The van der Waals surface area contributed by atoms with Gasteiger partial charge in [-0.05, 0) is 24.1 Å². The molecule has 0 saturated heterocycles. The molecule has 0 spiro atoms. The van der Waals surface area contributed by atoms with Crippen molar-refractivity contribution in [2.45, 2.75) is 19.4 Å². The number of aromatic nitrogens is 2. The van der Waals surface area contributed by atoms with E-state index in [1.165, 1.54) is 0 Å². The summed E-state index contributed by atoms with van der Waals surface area (Å²) in [7, 11) is 0. The summed E-state index contributed by atoms with van der Waals surface area (Å²) in [5.41, 5.74) is 7.03. The molecular formula is C13H15N3O3. The lowest BCUT2D eigenvalue weighted by atomic mass is 10.1. The van der Waals surface area contributed by atoms with Crippen LogP contribution in [-0.4, -0.2) is 22.7 Å². The second-order valence-electron chi connectivity index (χ2n) is 3.97. The van der Waals surface area contributed by atoms with E-state index in [2.05, 4.69) is 10.1 Å². The summed E-state index contributed by atoms with van der Waals surface area (Å²) >= 11 is 0. The largest absolute Gasteiger partial charge is 0.460 e. The maximum absolute atomic E-state index is 11.4. The van der Waals surface area contributed by atoms with E-state index >= 15 is 0 Å². The molecule has 0 amide bonds. The van der Waals surface area contributed by atoms with Crippen LogP contribution in [-0.2, 0) is 11.2 Å². The van der Waals surface area contributed by atoms with Crippen molar-refractivity contribution in [2.24, 2.45) is 5.73 Å². The van der Waals surface area contributed by atoms with Crippen LogP contribution < -0.4 is 5.73 Å². The van der Waals surface area contributed by atoms with Crippen molar-refractivity contribution in [3.05, 3.63) is 47.6 Å². The molecule has 100 valence electrons. The zero-order valence-electron chi connectivity index (χ0n) is 10.6. The van der Waals surface area contributed by atoms with Crippen molar-refractivity contribution < 1.29 is 14.1 Å². The molecule has 6 nitrogen and oxygen atoms in total. The van der Waals surface area contributed by atoms with Gasteiger partial charge in [-0.2, -0.15) is 4.98 Å². The summed E-state index contributed by atoms with van der Waals surface area (Å²) in [5.74, 6) is -0.475. The summed E-state index contributed by atoms with van der Waals surface area (Å²) in [6, 6.07) is 9.27. The molecule has 0 radical (unpaired) electrons. The SMILES string of the molecule is CCOC(=O)c1noc(C(N)Cc2ccccc2)n1. The van der Waals surface area contributed by atoms with Crippen molar-refractivity contribution in [2.75, 3.05) is 6.61 Å². The number of nitrogens with zero attached hydrogens (tertiary/aromatic N) is 2. The summed E-state index contributed by atoms with van der Waals surface area (Å²) in [6.45, 7) is 1.97. The number of carbonyl (C=O) groups is 1. The molecule has 1 atom stereocenters. The zero-order valence-corrected chi connectivity index (χ0v) is 10.6. The Morgan fingerprint density at radius 2 is 2.16 bits per heavy atom. The van der Waals surface area contributed by atoms with Gasteiger partial charge < -0.3 is 15.0 Å². The van der Waals surface area contributed by atoms with Gasteiger partial charge in [0.15, 0.2) is 0 Å². The van der Waals surface area contributed by atoms with E-state index in [0.717, 1.165) is 5.56 Å². The van der Waals surface area contributed by atoms with Crippen LogP contribution in [0.4, 0.5) is 0 Å². The fourth-order valence-electron chi connectivity index (χ4n) is 1.62. The van der Waals surface area contributed by atoms with Crippen LogP contribution in [0.15, 0.2) is 34.9 Å². The zero-order chi connectivity index (χ0) is 13.7. The average molecular weight is 261 g/mol. The molecule has 1 aromatic heterocycles. The Balaban J connectivity index is 2.04. The van der Waals surface area contributed by atoms with Crippen LogP contribution in [0, 0.1) is 0 Å². The Bertz CT molecular complexity index is 539. The Hall–Kier alpha value is -2.21. The minimum absolute atomic E-state index is 0.0969. The topological polar surface area (TPSA) is 91.2 Å². The molecule has 2 N–H and O–H groups in total. The number of nitrogens with two attached hydrogens (primary N) is 1. The maximum Gasteiger partial charge on any atom is 0.379 e. The predicted octanol–water partition coefficient (Wildman–Crippen LogP) is 1.49. The smallest absolute Gasteiger partial charge is 0.379 e. The van der Waals surface area contributed by atoms with E-state index in [1.807, 2.05) is 30.3 Å². The van der Waals surface area contributed by atoms with Gasteiger partial charge in [0.05, 0.1) is 12.6 Å². The minimum atomic E-state index is -0.607. The normalized spacial score (nSPS) is 12.1. The summed E-state index contributed by atoms with van der Waals surface area (Å²) in [6.07, 6.45) is 0.561. The van der Waals surface area contributed by atoms with Crippen LogP contribution in [0.1, 0.15) is 35.0 Å². The van der Waals surface area contributed by atoms with Crippen molar-refractivity contribution >= 4 is 5.97 Å². The highest BCUT2D eigenvalue weighted by Crippen LogP contribution is 2.14. The molecule has 0 saturated carbocycles. The van der Waals surface area contributed by atoms with Gasteiger partial charge in [-0.15, -0.1) is 0 Å². The number of rotatable bonds is 5. The first-order valence-corrected chi connectivity index (χ1v) is 6.01. The predicted molar refractivity (Wildman–Crippen MR) is 67.3 cm³/mol. The lowest BCUT2D eigenvalue weighted by molar-refractivity contribution is 0.0508. The molecule has 0 aliphatic heterocycles. The molecule has 2 rings (SSSR count). The van der Waals surface area contributed by atoms with Crippen molar-refractivity contribution in [1.82, 2.24) is 10.1 Å². The van der Waals surface area contributed by atoms with Crippen LogP contribution in [0.25, 0.3) is 0 Å². The standard InChI is InChI=1S/C13H15N3O3/c1-2-18-13(17)11-15-12(19-16-11)10(14)8-9-6-4-3-5-7-9/h3-7,10H,2,8,14H2,1H3. The molecular weight excluding hydrogens is 246 g/mol. The van der Waals surface area contributed by atoms with E-state index in [0.29, 0.717) is 6.42 Å². The van der Waals surface area contributed by atoms with E-state index < -0.39 is 12.0 Å². The number of hydrogen-bond acceptors (Lipinski definition) is 6. The van der Waals surface area contributed by atoms with Crippen LogP contribution >= 0.6 is 0 Å². The fourth-order valence-corrected chi connectivity index (χ4v) is 1.62. The van der Waals surface area contributed by atoms with Crippen molar-refractivity contribution in [1.29, 1.82) is 0 Å². The second kappa shape index (κ2) is 6.10. The molecule has 0 bridgehead atoms. The quantitative estimate of drug-likeness (QED) is 0.820. The van der Waals surface area contributed by atoms with E-state index in [4.69, 9.17) is 15.0 Å². The van der Waals surface area contributed by atoms with Gasteiger partial charge in [0, 0.05) is 0 Å². The van der Waals surface area contributed by atoms with Gasteiger partial charge >= 0.3 is 5.97 Å². The average Bonchev–Trinajstić information content (AvgIpc) is 2.90. The first kappa shape index (κ1) is 13.2. The van der Waals surface area contributed by atoms with E-state index in [1.54, 1.807) is 6.92 Å². The minimum Gasteiger partial charge on any atom is -0.460 e. The lowest BCUT2D eigenvalue weighted by Gasteiger charge is -2.05. The Labute approximate surface area is 110 Å². The number of hydrogen-bond donors (Lipinski definition) is 1. The molecule has 0 fully saturated rings. The van der Waals surface area contributed by atoms with Crippen molar-refractivity contribution in [3.8, 4) is 0 Å². The molecule has 0 aliphatic rings. The molecule has 2 aromatic rings. The van der Waals surface area contributed by atoms with Gasteiger partial charge in [-0.25, -0.2) is 4.79 Å². The molecule has 6 heteroatoms. The summed E-state index contributed by atoms with van der Waals surface area (Å²) in [5, 5.41) is 3.56. The number of esters is 1. The van der Waals surface area contributed by atoms with Gasteiger partial charge in [-0.1, -0.05) is 30.3 Å². The third-order valence-electron chi connectivity index (χ3n) is 2.52. The Morgan fingerprint density at radius 3 is 2.84 bits per heavy atom. The second-order valence-corrected chi connectivity index (χ2v) is 3.97.